The minimum atomic E-state index is -0.654. The van der Waals surface area contributed by atoms with Crippen molar-refractivity contribution in [2.75, 3.05) is 5.32 Å². The molecule has 3 rings (SSSR count). The van der Waals surface area contributed by atoms with E-state index < -0.39 is 11.9 Å². The molecule has 140 valence electrons. The molecule has 2 amide bonds. The topological polar surface area (TPSA) is 84.2 Å². The zero-order chi connectivity index (χ0) is 18.5. The number of thiazole rings is 1. The number of carbonyl (C=O) groups is 2. The molecule has 0 fully saturated rings. The van der Waals surface area contributed by atoms with Gasteiger partial charge >= 0.3 is 0 Å². The number of hydrogen-bond donors (Lipinski definition) is 2. The standard InChI is InChI=1S/C19H25N3O3S/c1-12(2)16(21-17(23)14-9-7-11-25-14)18(24)22-19-20-13-8-5-3-4-6-10-15(13)26-19/h7,9,11-12,16H,3-6,8,10H2,1-2H3,(H,21,23)(H,20,22,24). The molecule has 0 aliphatic heterocycles. The van der Waals surface area contributed by atoms with Gasteiger partial charge in [0.2, 0.25) is 5.91 Å². The van der Waals surface area contributed by atoms with Crippen LogP contribution in [0.25, 0.3) is 0 Å². The number of nitrogens with zero attached hydrogens (tertiary/aromatic N) is 1. The van der Waals surface area contributed by atoms with Crippen molar-refractivity contribution in [2.45, 2.75) is 58.4 Å². The second-order valence-corrected chi connectivity index (χ2v) is 8.05. The number of fused-ring (bicyclic) bond motifs is 1. The highest BCUT2D eigenvalue weighted by Gasteiger charge is 2.26. The summed E-state index contributed by atoms with van der Waals surface area (Å²) >= 11 is 1.56. The molecule has 2 aromatic rings. The maximum atomic E-state index is 12.7. The third-order valence-electron chi connectivity index (χ3n) is 4.56. The van der Waals surface area contributed by atoms with Crippen molar-refractivity contribution < 1.29 is 14.0 Å². The number of nitrogens with one attached hydrogen (secondary N) is 2. The third-order valence-corrected chi connectivity index (χ3v) is 5.63. The number of aromatic nitrogens is 1. The summed E-state index contributed by atoms with van der Waals surface area (Å²) in [6.07, 6.45) is 8.27. The number of amides is 2. The summed E-state index contributed by atoms with van der Waals surface area (Å²) < 4.78 is 5.10. The van der Waals surface area contributed by atoms with E-state index in [2.05, 4.69) is 15.6 Å². The molecule has 2 aromatic heterocycles. The van der Waals surface area contributed by atoms with Crippen LogP contribution in [0.2, 0.25) is 0 Å². The van der Waals surface area contributed by atoms with Gasteiger partial charge in [0.1, 0.15) is 6.04 Å². The van der Waals surface area contributed by atoms with Gasteiger partial charge in [0, 0.05) is 4.88 Å². The molecule has 0 radical (unpaired) electrons. The molecular weight excluding hydrogens is 350 g/mol. The van der Waals surface area contributed by atoms with Crippen LogP contribution in [0.15, 0.2) is 22.8 Å². The second-order valence-electron chi connectivity index (χ2n) is 6.96. The van der Waals surface area contributed by atoms with Gasteiger partial charge in [0.15, 0.2) is 10.9 Å². The molecule has 0 spiro atoms. The molecule has 6 nitrogen and oxygen atoms in total. The lowest BCUT2D eigenvalue weighted by molar-refractivity contribution is -0.118. The quantitative estimate of drug-likeness (QED) is 0.833. The number of aryl methyl sites for hydroxylation is 2. The van der Waals surface area contributed by atoms with E-state index >= 15 is 0 Å². The van der Waals surface area contributed by atoms with Gasteiger partial charge in [-0.2, -0.15) is 0 Å². The van der Waals surface area contributed by atoms with E-state index in [1.165, 1.54) is 30.4 Å². The van der Waals surface area contributed by atoms with Crippen molar-refractivity contribution in [3.8, 4) is 0 Å². The van der Waals surface area contributed by atoms with Gasteiger partial charge in [-0.25, -0.2) is 4.98 Å². The van der Waals surface area contributed by atoms with Crippen molar-refractivity contribution in [3.05, 3.63) is 34.7 Å². The smallest absolute Gasteiger partial charge is 0.287 e. The SMILES string of the molecule is CC(C)C(NC(=O)c1ccco1)C(=O)Nc1nc2c(s1)CCCCCC2. The molecular formula is C19H25N3O3S. The molecule has 2 N–H and O–H groups in total. The van der Waals surface area contributed by atoms with Crippen molar-refractivity contribution in [1.82, 2.24) is 10.3 Å². The van der Waals surface area contributed by atoms with Crippen LogP contribution in [0.1, 0.15) is 60.7 Å². The molecule has 7 heteroatoms. The van der Waals surface area contributed by atoms with E-state index in [4.69, 9.17) is 4.42 Å². The van der Waals surface area contributed by atoms with Crippen LogP contribution in [-0.2, 0) is 17.6 Å². The summed E-state index contributed by atoms with van der Waals surface area (Å²) in [5.41, 5.74) is 1.12. The van der Waals surface area contributed by atoms with Gasteiger partial charge in [0.05, 0.1) is 12.0 Å². The molecule has 0 saturated heterocycles. The first-order valence-electron chi connectivity index (χ1n) is 9.18. The summed E-state index contributed by atoms with van der Waals surface area (Å²) in [7, 11) is 0. The summed E-state index contributed by atoms with van der Waals surface area (Å²) in [5.74, 6) is -0.507. The fraction of sp³-hybridized carbons (Fsp3) is 0.526. The fourth-order valence-corrected chi connectivity index (χ4v) is 4.15. The van der Waals surface area contributed by atoms with Gasteiger partial charge in [0.25, 0.3) is 5.91 Å². The lowest BCUT2D eigenvalue weighted by atomic mass is 10.0. The first kappa shape index (κ1) is 18.6. The highest BCUT2D eigenvalue weighted by Crippen LogP contribution is 2.28. The Labute approximate surface area is 157 Å². The number of anilines is 1. The molecule has 1 aliphatic carbocycles. The van der Waals surface area contributed by atoms with Crippen LogP contribution in [0.3, 0.4) is 0 Å². The molecule has 1 unspecified atom stereocenters. The third kappa shape index (κ3) is 4.52. The molecule has 0 aromatic carbocycles. The fourth-order valence-electron chi connectivity index (χ4n) is 3.10. The minimum absolute atomic E-state index is 0.0603. The predicted octanol–water partition coefficient (Wildman–Crippen LogP) is 3.79. The lowest BCUT2D eigenvalue weighted by Gasteiger charge is -2.20. The van der Waals surface area contributed by atoms with E-state index in [-0.39, 0.29) is 17.6 Å². The maximum Gasteiger partial charge on any atom is 0.287 e. The number of hydrogen-bond acceptors (Lipinski definition) is 5. The Morgan fingerprint density at radius 2 is 1.96 bits per heavy atom. The van der Waals surface area contributed by atoms with Crippen molar-refractivity contribution >= 4 is 28.3 Å². The zero-order valence-electron chi connectivity index (χ0n) is 15.2. The number of furan rings is 1. The van der Waals surface area contributed by atoms with E-state index in [9.17, 15) is 9.59 Å². The Hall–Kier alpha value is -2.15. The summed E-state index contributed by atoms with van der Waals surface area (Å²) in [6.45, 7) is 3.79. The van der Waals surface area contributed by atoms with Crippen molar-refractivity contribution in [1.29, 1.82) is 0 Å². The average Bonchev–Trinajstić information content (AvgIpc) is 3.22. The second kappa shape index (κ2) is 8.49. The van der Waals surface area contributed by atoms with Crippen LogP contribution < -0.4 is 10.6 Å². The Morgan fingerprint density at radius 1 is 1.19 bits per heavy atom. The van der Waals surface area contributed by atoms with Gasteiger partial charge < -0.3 is 15.1 Å². The van der Waals surface area contributed by atoms with E-state index in [1.54, 1.807) is 23.5 Å². The van der Waals surface area contributed by atoms with Gasteiger partial charge in [-0.05, 0) is 43.7 Å². The number of carbonyl (C=O) groups excluding carboxylic acids is 2. The lowest BCUT2D eigenvalue weighted by Crippen LogP contribution is -2.47. The normalized spacial score (nSPS) is 15.7. The molecule has 1 aliphatic rings. The number of rotatable bonds is 5. The average molecular weight is 375 g/mol. The summed E-state index contributed by atoms with van der Waals surface area (Å²) in [6, 6.07) is 2.56. The molecule has 1 atom stereocenters. The maximum absolute atomic E-state index is 12.7. The monoisotopic (exact) mass is 375 g/mol. The molecule has 0 saturated carbocycles. The van der Waals surface area contributed by atoms with Gasteiger partial charge in [-0.3, -0.25) is 9.59 Å². The minimum Gasteiger partial charge on any atom is -0.459 e. The van der Waals surface area contributed by atoms with Crippen LogP contribution in [0.4, 0.5) is 5.13 Å². The van der Waals surface area contributed by atoms with Crippen LogP contribution in [0, 0.1) is 5.92 Å². The van der Waals surface area contributed by atoms with Crippen LogP contribution >= 0.6 is 11.3 Å². The Balaban J connectivity index is 1.68. The van der Waals surface area contributed by atoms with E-state index in [1.807, 2.05) is 13.8 Å². The Kier molecular flexibility index (Phi) is 6.08. The van der Waals surface area contributed by atoms with E-state index in [0.717, 1.165) is 25.0 Å². The molecule has 26 heavy (non-hydrogen) atoms. The highest BCUT2D eigenvalue weighted by atomic mass is 32.1. The predicted molar refractivity (Wildman–Crippen MR) is 101 cm³/mol. The zero-order valence-corrected chi connectivity index (χ0v) is 16.0. The summed E-state index contributed by atoms with van der Waals surface area (Å²) in [4.78, 5) is 30.8. The molecule has 0 bridgehead atoms. The highest BCUT2D eigenvalue weighted by molar-refractivity contribution is 7.15. The van der Waals surface area contributed by atoms with Crippen molar-refractivity contribution in [3.63, 3.8) is 0 Å². The van der Waals surface area contributed by atoms with E-state index in [0.29, 0.717) is 5.13 Å². The first-order valence-corrected chi connectivity index (χ1v) is 10.00. The largest absolute Gasteiger partial charge is 0.459 e. The Morgan fingerprint density at radius 3 is 2.65 bits per heavy atom. The Bertz CT molecular complexity index is 727. The summed E-state index contributed by atoms with van der Waals surface area (Å²) in [5, 5.41) is 6.27. The first-order chi connectivity index (χ1) is 12.5. The van der Waals surface area contributed by atoms with Gasteiger partial charge in [-0.15, -0.1) is 11.3 Å². The van der Waals surface area contributed by atoms with Crippen molar-refractivity contribution in [2.24, 2.45) is 5.92 Å². The molecule has 2 heterocycles. The van der Waals surface area contributed by atoms with Crippen LogP contribution in [-0.4, -0.2) is 22.8 Å². The van der Waals surface area contributed by atoms with Crippen LogP contribution in [0.5, 0.6) is 0 Å². The van der Waals surface area contributed by atoms with Gasteiger partial charge in [-0.1, -0.05) is 26.7 Å².